The summed E-state index contributed by atoms with van der Waals surface area (Å²) in [6.45, 7) is 0. The normalized spacial score (nSPS) is 10.7. The van der Waals surface area contributed by atoms with Crippen LogP contribution in [0.5, 0.6) is 0 Å². The highest BCUT2D eigenvalue weighted by atomic mass is 35.5. The molecule has 0 saturated carbocycles. The molecule has 0 fully saturated rings. The second kappa shape index (κ2) is 5.23. The predicted octanol–water partition coefficient (Wildman–Crippen LogP) is 4.85. The lowest BCUT2D eigenvalue weighted by Gasteiger charge is -2.01. The maximum Gasteiger partial charge on any atom is 0.134 e. The SMILES string of the molecule is Nc1cccc(-c2csc(-c3c(F)cccc3Cl)n2)c1. The van der Waals surface area contributed by atoms with Crippen molar-refractivity contribution in [3.05, 3.63) is 58.7 Å². The molecular weight excluding hydrogens is 295 g/mol. The van der Waals surface area contributed by atoms with Gasteiger partial charge in [-0.25, -0.2) is 9.37 Å². The lowest BCUT2D eigenvalue weighted by atomic mass is 10.1. The fourth-order valence-electron chi connectivity index (χ4n) is 1.92. The largest absolute Gasteiger partial charge is 0.399 e. The number of rotatable bonds is 2. The lowest BCUT2D eigenvalue weighted by molar-refractivity contribution is 0.631. The minimum absolute atomic E-state index is 0.342. The Kier molecular flexibility index (Phi) is 3.42. The molecule has 0 aliphatic rings. The zero-order chi connectivity index (χ0) is 14.1. The zero-order valence-electron chi connectivity index (χ0n) is 10.3. The number of hydrogen-bond acceptors (Lipinski definition) is 3. The summed E-state index contributed by atoms with van der Waals surface area (Å²) in [7, 11) is 0. The summed E-state index contributed by atoms with van der Waals surface area (Å²) in [5.74, 6) is -0.369. The topological polar surface area (TPSA) is 38.9 Å². The van der Waals surface area contributed by atoms with E-state index in [9.17, 15) is 4.39 Å². The number of thiazole rings is 1. The second-order valence-electron chi connectivity index (χ2n) is 4.26. The van der Waals surface area contributed by atoms with Crippen LogP contribution < -0.4 is 5.73 Å². The molecule has 0 saturated heterocycles. The smallest absolute Gasteiger partial charge is 0.134 e. The highest BCUT2D eigenvalue weighted by Gasteiger charge is 2.14. The fourth-order valence-corrected chi connectivity index (χ4v) is 3.12. The number of halogens is 2. The monoisotopic (exact) mass is 304 g/mol. The van der Waals surface area contributed by atoms with Gasteiger partial charge < -0.3 is 5.73 Å². The second-order valence-corrected chi connectivity index (χ2v) is 5.53. The van der Waals surface area contributed by atoms with Crippen LogP contribution in [-0.4, -0.2) is 4.98 Å². The van der Waals surface area contributed by atoms with E-state index in [1.54, 1.807) is 12.1 Å². The summed E-state index contributed by atoms with van der Waals surface area (Å²) >= 11 is 7.41. The van der Waals surface area contributed by atoms with Gasteiger partial charge in [-0.15, -0.1) is 11.3 Å². The van der Waals surface area contributed by atoms with Gasteiger partial charge in [0.2, 0.25) is 0 Å². The van der Waals surface area contributed by atoms with E-state index >= 15 is 0 Å². The van der Waals surface area contributed by atoms with E-state index in [4.69, 9.17) is 17.3 Å². The molecule has 100 valence electrons. The van der Waals surface area contributed by atoms with Gasteiger partial charge in [-0.3, -0.25) is 0 Å². The minimum atomic E-state index is -0.369. The van der Waals surface area contributed by atoms with E-state index in [2.05, 4.69) is 4.98 Å². The number of nitrogen functional groups attached to an aromatic ring is 1. The quantitative estimate of drug-likeness (QED) is 0.687. The Hall–Kier alpha value is -1.91. The van der Waals surface area contributed by atoms with Crippen molar-refractivity contribution in [1.29, 1.82) is 0 Å². The Balaban J connectivity index is 2.07. The Morgan fingerprint density at radius 3 is 2.70 bits per heavy atom. The molecule has 0 radical (unpaired) electrons. The van der Waals surface area contributed by atoms with Crippen LogP contribution in [0.4, 0.5) is 10.1 Å². The summed E-state index contributed by atoms with van der Waals surface area (Å²) in [6, 6.07) is 12.0. The van der Waals surface area contributed by atoms with Crippen LogP contribution in [0.25, 0.3) is 21.8 Å². The average molecular weight is 305 g/mol. The molecule has 0 aliphatic heterocycles. The molecule has 2 N–H and O–H groups in total. The first-order valence-corrected chi connectivity index (χ1v) is 7.17. The van der Waals surface area contributed by atoms with Gasteiger partial charge in [-0.05, 0) is 24.3 Å². The molecule has 1 aromatic heterocycles. The van der Waals surface area contributed by atoms with Gasteiger partial charge in [0.05, 0.1) is 16.3 Å². The van der Waals surface area contributed by atoms with Crippen molar-refractivity contribution in [1.82, 2.24) is 4.98 Å². The number of benzene rings is 2. The minimum Gasteiger partial charge on any atom is -0.399 e. The third-order valence-electron chi connectivity index (χ3n) is 2.86. The maximum atomic E-state index is 13.9. The summed E-state index contributed by atoms with van der Waals surface area (Å²) in [5, 5.41) is 2.79. The molecule has 3 rings (SSSR count). The molecule has 1 heterocycles. The summed E-state index contributed by atoms with van der Waals surface area (Å²) in [5.41, 5.74) is 8.43. The first-order valence-electron chi connectivity index (χ1n) is 5.91. The van der Waals surface area contributed by atoms with Crippen LogP contribution in [0.1, 0.15) is 0 Å². The predicted molar refractivity (Wildman–Crippen MR) is 82.4 cm³/mol. The molecule has 0 atom stereocenters. The van der Waals surface area contributed by atoms with Gasteiger partial charge in [-0.2, -0.15) is 0 Å². The summed E-state index contributed by atoms with van der Waals surface area (Å²) in [4.78, 5) is 4.45. The Bertz CT molecular complexity index is 750. The molecule has 20 heavy (non-hydrogen) atoms. The molecular formula is C15H10ClFN2S. The number of aromatic nitrogens is 1. The van der Waals surface area contributed by atoms with Gasteiger partial charge in [-0.1, -0.05) is 29.8 Å². The Morgan fingerprint density at radius 2 is 1.95 bits per heavy atom. The highest BCUT2D eigenvalue weighted by Crippen LogP contribution is 2.35. The number of nitrogens with zero attached hydrogens (tertiary/aromatic N) is 1. The van der Waals surface area contributed by atoms with Crippen molar-refractivity contribution in [2.24, 2.45) is 0 Å². The van der Waals surface area contributed by atoms with Gasteiger partial charge in [0.1, 0.15) is 10.8 Å². The first-order chi connectivity index (χ1) is 9.65. The Morgan fingerprint density at radius 1 is 1.15 bits per heavy atom. The standard InChI is InChI=1S/C15H10ClFN2S/c16-11-5-2-6-12(17)14(11)15-19-13(8-20-15)9-3-1-4-10(18)7-9/h1-8H,18H2. The van der Waals surface area contributed by atoms with E-state index < -0.39 is 0 Å². The third-order valence-corrected chi connectivity index (χ3v) is 4.04. The van der Waals surface area contributed by atoms with Crippen LogP contribution in [0, 0.1) is 5.82 Å². The first kappa shape index (κ1) is 13.1. The van der Waals surface area contributed by atoms with Crippen molar-refractivity contribution >= 4 is 28.6 Å². The van der Waals surface area contributed by atoms with E-state index in [0.29, 0.717) is 21.3 Å². The molecule has 3 aromatic rings. The molecule has 0 amide bonds. The molecule has 0 aliphatic carbocycles. The number of nitrogens with two attached hydrogens (primary N) is 1. The van der Waals surface area contributed by atoms with E-state index in [-0.39, 0.29) is 5.82 Å². The van der Waals surface area contributed by atoms with E-state index in [1.807, 2.05) is 29.6 Å². The fraction of sp³-hybridized carbons (Fsp3) is 0. The van der Waals surface area contributed by atoms with Crippen molar-refractivity contribution in [2.45, 2.75) is 0 Å². The van der Waals surface area contributed by atoms with Gasteiger partial charge in [0.25, 0.3) is 0 Å². The van der Waals surface area contributed by atoms with Gasteiger partial charge in [0, 0.05) is 16.6 Å². The molecule has 2 aromatic carbocycles. The zero-order valence-corrected chi connectivity index (χ0v) is 11.9. The van der Waals surface area contributed by atoms with Crippen molar-refractivity contribution < 1.29 is 4.39 Å². The van der Waals surface area contributed by atoms with Crippen LogP contribution in [0.2, 0.25) is 5.02 Å². The Labute approximate surface area is 124 Å². The highest BCUT2D eigenvalue weighted by molar-refractivity contribution is 7.13. The van der Waals surface area contributed by atoms with Crippen LogP contribution in [-0.2, 0) is 0 Å². The van der Waals surface area contributed by atoms with Crippen molar-refractivity contribution in [3.8, 4) is 21.8 Å². The maximum absolute atomic E-state index is 13.9. The van der Waals surface area contributed by atoms with Crippen LogP contribution in [0.3, 0.4) is 0 Å². The van der Waals surface area contributed by atoms with E-state index in [0.717, 1.165) is 11.3 Å². The van der Waals surface area contributed by atoms with Crippen LogP contribution in [0.15, 0.2) is 47.8 Å². The molecule has 0 unspecified atom stereocenters. The number of hydrogen-bond donors (Lipinski definition) is 1. The third kappa shape index (κ3) is 2.40. The summed E-state index contributed by atoms with van der Waals surface area (Å²) in [6.07, 6.45) is 0. The van der Waals surface area contributed by atoms with Crippen molar-refractivity contribution in [2.75, 3.05) is 5.73 Å². The van der Waals surface area contributed by atoms with Gasteiger partial charge in [0.15, 0.2) is 0 Å². The number of anilines is 1. The van der Waals surface area contributed by atoms with Crippen molar-refractivity contribution in [3.63, 3.8) is 0 Å². The van der Waals surface area contributed by atoms with Crippen LogP contribution >= 0.6 is 22.9 Å². The molecule has 5 heteroatoms. The lowest BCUT2D eigenvalue weighted by Crippen LogP contribution is -1.87. The molecule has 0 spiro atoms. The average Bonchev–Trinajstić information content (AvgIpc) is 2.88. The molecule has 0 bridgehead atoms. The molecule has 2 nitrogen and oxygen atoms in total. The van der Waals surface area contributed by atoms with E-state index in [1.165, 1.54) is 17.4 Å². The van der Waals surface area contributed by atoms with Gasteiger partial charge >= 0.3 is 0 Å². The summed E-state index contributed by atoms with van der Waals surface area (Å²) < 4.78 is 13.9.